The second-order valence-corrected chi connectivity index (χ2v) is 6.52. The summed E-state index contributed by atoms with van der Waals surface area (Å²) in [4.78, 5) is 11.1. The molecule has 1 N–H and O–H groups in total. The first kappa shape index (κ1) is 14.4. The van der Waals surface area contributed by atoms with E-state index in [1.54, 1.807) is 6.92 Å². The van der Waals surface area contributed by atoms with Crippen LogP contribution in [0, 0.1) is 0 Å². The number of piperidine rings is 1. The van der Waals surface area contributed by atoms with Gasteiger partial charge in [-0.15, -0.1) is 0 Å². The van der Waals surface area contributed by atoms with E-state index in [0.29, 0.717) is 6.42 Å². The summed E-state index contributed by atoms with van der Waals surface area (Å²) in [6, 6.07) is 0.278. The van der Waals surface area contributed by atoms with E-state index in [1.165, 1.54) is 0 Å². The smallest absolute Gasteiger partial charge is 0.321 e. The van der Waals surface area contributed by atoms with Gasteiger partial charge in [0.2, 0.25) is 0 Å². The van der Waals surface area contributed by atoms with E-state index < -0.39 is 21.6 Å². The minimum absolute atomic E-state index is 0.0590. The predicted octanol–water partition coefficient (Wildman–Crippen LogP) is 0.496. The van der Waals surface area contributed by atoms with Crippen LogP contribution in [-0.4, -0.2) is 45.1 Å². The summed E-state index contributed by atoms with van der Waals surface area (Å²) in [5.74, 6) is -1.08. The van der Waals surface area contributed by atoms with Crippen molar-refractivity contribution in [1.82, 2.24) is 5.32 Å². The van der Waals surface area contributed by atoms with Crippen molar-refractivity contribution in [2.75, 3.05) is 24.7 Å². The van der Waals surface area contributed by atoms with Gasteiger partial charge in [0, 0.05) is 6.04 Å². The van der Waals surface area contributed by atoms with Crippen molar-refractivity contribution < 1.29 is 17.9 Å². The van der Waals surface area contributed by atoms with Gasteiger partial charge in [0.05, 0.1) is 12.4 Å². The Hall–Kier alpha value is -0.620. The van der Waals surface area contributed by atoms with E-state index in [4.69, 9.17) is 0 Å². The van der Waals surface area contributed by atoms with Crippen LogP contribution >= 0.6 is 0 Å². The molecule has 0 spiro atoms. The van der Waals surface area contributed by atoms with Crippen LogP contribution in [0.3, 0.4) is 0 Å². The minimum atomic E-state index is -3.32. The molecule has 6 heteroatoms. The summed E-state index contributed by atoms with van der Waals surface area (Å²) in [5, 5.41) is 3.29. The zero-order chi connectivity index (χ0) is 12.7. The summed E-state index contributed by atoms with van der Waals surface area (Å²) in [7, 11) is -3.32. The number of hydrogen-bond donors (Lipinski definition) is 1. The number of rotatable bonds is 6. The molecule has 0 aliphatic carbocycles. The average Bonchev–Trinajstić information content (AvgIpc) is 2.27. The Balaban J connectivity index is 2.30. The monoisotopic (exact) mass is 263 g/mol. The molecule has 1 saturated heterocycles. The maximum atomic E-state index is 11.6. The highest BCUT2D eigenvalue weighted by atomic mass is 32.2. The number of carbonyl (C=O) groups is 1. The van der Waals surface area contributed by atoms with Gasteiger partial charge in [0.1, 0.15) is 5.75 Å². The lowest BCUT2D eigenvalue weighted by Crippen LogP contribution is -2.36. The quantitative estimate of drug-likeness (QED) is 0.706. The Morgan fingerprint density at radius 3 is 2.76 bits per heavy atom. The number of nitrogens with one attached hydrogen (secondary N) is 1. The zero-order valence-corrected chi connectivity index (χ0v) is 11.1. The molecule has 0 aromatic carbocycles. The topological polar surface area (TPSA) is 72.5 Å². The predicted molar refractivity (Wildman–Crippen MR) is 65.5 cm³/mol. The Bertz CT molecular complexity index is 333. The zero-order valence-electron chi connectivity index (χ0n) is 10.3. The van der Waals surface area contributed by atoms with Gasteiger partial charge in [-0.1, -0.05) is 6.42 Å². The van der Waals surface area contributed by atoms with Crippen LogP contribution < -0.4 is 5.32 Å². The lowest BCUT2D eigenvalue weighted by Gasteiger charge is -2.23. The van der Waals surface area contributed by atoms with Gasteiger partial charge in [-0.05, 0) is 32.7 Å². The number of sulfone groups is 1. The summed E-state index contributed by atoms with van der Waals surface area (Å²) in [6.45, 7) is 2.84. The molecular formula is C11H21NO4S. The SMILES string of the molecule is CCOC(=O)CS(=O)(=O)CCC1CCCCN1. The van der Waals surface area contributed by atoms with Crippen molar-refractivity contribution >= 4 is 15.8 Å². The Labute approximate surface area is 103 Å². The highest BCUT2D eigenvalue weighted by Gasteiger charge is 2.20. The average molecular weight is 263 g/mol. The van der Waals surface area contributed by atoms with Gasteiger partial charge in [-0.2, -0.15) is 0 Å². The first-order valence-corrected chi connectivity index (χ1v) is 7.95. The third-order valence-electron chi connectivity index (χ3n) is 2.83. The lowest BCUT2D eigenvalue weighted by atomic mass is 10.0. The summed E-state index contributed by atoms with van der Waals surface area (Å²) >= 11 is 0. The molecule has 1 aliphatic heterocycles. The molecule has 1 unspecified atom stereocenters. The fourth-order valence-electron chi connectivity index (χ4n) is 1.95. The van der Waals surface area contributed by atoms with Crippen LogP contribution in [0.1, 0.15) is 32.6 Å². The summed E-state index contributed by atoms with van der Waals surface area (Å²) < 4.78 is 27.9. The van der Waals surface area contributed by atoms with E-state index in [-0.39, 0.29) is 18.4 Å². The molecule has 0 aromatic rings. The first-order chi connectivity index (χ1) is 8.03. The number of hydrogen-bond acceptors (Lipinski definition) is 5. The Morgan fingerprint density at radius 1 is 1.41 bits per heavy atom. The van der Waals surface area contributed by atoms with Crippen LogP contribution in [0.4, 0.5) is 0 Å². The van der Waals surface area contributed by atoms with E-state index in [9.17, 15) is 13.2 Å². The highest BCUT2D eigenvalue weighted by Crippen LogP contribution is 2.11. The molecule has 5 nitrogen and oxygen atoms in total. The van der Waals surface area contributed by atoms with Crippen LogP contribution in [0.15, 0.2) is 0 Å². The van der Waals surface area contributed by atoms with Crippen molar-refractivity contribution in [3.8, 4) is 0 Å². The van der Waals surface area contributed by atoms with Crippen molar-refractivity contribution in [2.24, 2.45) is 0 Å². The fraction of sp³-hybridized carbons (Fsp3) is 0.909. The van der Waals surface area contributed by atoms with Gasteiger partial charge in [0.25, 0.3) is 0 Å². The molecule has 1 fully saturated rings. The molecule has 0 saturated carbocycles. The van der Waals surface area contributed by atoms with Gasteiger partial charge in [-0.3, -0.25) is 4.79 Å². The van der Waals surface area contributed by atoms with Gasteiger partial charge >= 0.3 is 5.97 Å². The molecular weight excluding hydrogens is 242 g/mol. The molecule has 100 valence electrons. The fourth-order valence-corrected chi connectivity index (χ4v) is 3.18. The summed E-state index contributed by atoms with van der Waals surface area (Å²) in [5.41, 5.74) is 0. The third kappa shape index (κ3) is 6.02. The third-order valence-corrected chi connectivity index (χ3v) is 4.37. The standard InChI is InChI=1S/C11H21NO4S/c1-2-16-11(13)9-17(14,15)8-6-10-5-3-4-7-12-10/h10,12H,2-9H2,1H3. The number of carbonyl (C=O) groups excluding carboxylic acids is 1. The van der Waals surface area contributed by atoms with Crippen LogP contribution in [-0.2, 0) is 19.4 Å². The number of ether oxygens (including phenoxy) is 1. The van der Waals surface area contributed by atoms with Gasteiger partial charge < -0.3 is 10.1 Å². The largest absolute Gasteiger partial charge is 0.465 e. The maximum absolute atomic E-state index is 11.6. The molecule has 0 aromatic heterocycles. The Morgan fingerprint density at radius 2 is 2.18 bits per heavy atom. The summed E-state index contributed by atoms with van der Waals surface area (Å²) in [6.07, 6.45) is 3.92. The number of esters is 1. The molecule has 0 radical (unpaired) electrons. The van der Waals surface area contributed by atoms with Crippen molar-refractivity contribution in [3.63, 3.8) is 0 Å². The van der Waals surface area contributed by atoms with Crippen molar-refractivity contribution in [1.29, 1.82) is 0 Å². The molecule has 1 aliphatic rings. The molecule has 17 heavy (non-hydrogen) atoms. The van der Waals surface area contributed by atoms with E-state index in [2.05, 4.69) is 10.1 Å². The van der Waals surface area contributed by atoms with Crippen molar-refractivity contribution in [2.45, 2.75) is 38.6 Å². The maximum Gasteiger partial charge on any atom is 0.321 e. The normalized spacial score (nSPS) is 21.1. The second-order valence-electron chi connectivity index (χ2n) is 4.33. The minimum Gasteiger partial charge on any atom is -0.465 e. The first-order valence-electron chi connectivity index (χ1n) is 6.13. The van der Waals surface area contributed by atoms with E-state index in [0.717, 1.165) is 25.8 Å². The highest BCUT2D eigenvalue weighted by molar-refractivity contribution is 7.92. The molecule has 1 atom stereocenters. The lowest BCUT2D eigenvalue weighted by molar-refractivity contribution is -0.139. The Kier molecular flexibility index (Phi) is 5.91. The molecule has 0 amide bonds. The van der Waals surface area contributed by atoms with Gasteiger partial charge in [0.15, 0.2) is 9.84 Å². The van der Waals surface area contributed by atoms with Crippen LogP contribution in [0.25, 0.3) is 0 Å². The van der Waals surface area contributed by atoms with Crippen molar-refractivity contribution in [3.05, 3.63) is 0 Å². The van der Waals surface area contributed by atoms with Crippen LogP contribution in [0.2, 0.25) is 0 Å². The van der Waals surface area contributed by atoms with Gasteiger partial charge in [-0.25, -0.2) is 8.42 Å². The molecule has 1 heterocycles. The molecule has 1 rings (SSSR count). The van der Waals surface area contributed by atoms with E-state index >= 15 is 0 Å². The molecule has 0 bridgehead atoms. The van der Waals surface area contributed by atoms with E-state index in [1.807, 2.05) is 0 Å². The second kappa shape index (κ2) is 6.96. The van der Waals surface area contributed by atoms with Crippen LogP contribution in [0.5, 0.6) is 0 Å².